The van der Waals surface area contributed by atoms with Gasteiger partial charge in [-0.1, -0.05) is 12.1 Å². The van der Waals surface area contributed by atoms with E-state index in [0.29, 0.717) is 22.5 Å². The fourth-order valence-electron chi connectivity index (χ4n) is 1.84. The molecule has 20 heavy (non-hydrogen) atoms. The lowest BCUT2D eigenvalue weighted by Gasteiger charge is -2.10. The zero-order valence-corrected chi connectivity index (χ0v) is 10.9. The SMILES string of the molecule is Cc1cc(OCc2cccnc2C#N)ccc1B(O)O. The summed E-state index contributed by atoms with van der Waals surface area (Å²) in [5.74, 6) is 0.597. The van der Waals surface area contributed by atoms with Crippen LogP contribution >= 0.6 is 0 Å². The highest BCUT2D eigenvalue weighted by atomic mass is 16.5. The Hall–Kier alpha value is -2.36. The fourth-order valence-corrected chi connectivity index (χ4v) is 1.84. The molecule has 1 aromatic heterocycles. The predicted molar refractivity (Wildman–Crippen MR) is 74.3 cm³/mol. The molecule has 0 amide bonds. The zero-order chi connectivity index (χ0) is 14.5. The molecule has 0 aliphatic heterocycles. The molecule has 0 saturated carbocycles. The molecule has 1 heterocycles. The summed E-state index contributed by atoms with van der Waals surface area (Å²) < 4.78 is 5.60. The third-order valence-corrected chi connectivity index (χ3v) is 2.91. The summed E-state index contributed by atoms with van der Waals surface area (Å²) in [6.45, 7) is 2.00. The van der Waals surface area contributed by atoms with Gasteiger partial charge in [-0.25, -0.2) is 4.98 Å². The first-order chi connectivity index (χ1) is 9.61. The van der Waals surface area contributed by atoms with Crippen LogP contribution in [0.25, 0.3) is 0 Å². The first-order valence-electron chi connectivity index (χ1n) is 6.05. The molecular formula is C14H13BN2O3. The van der Waals surface area contributed by atoms with E-state index in [1.807, 2.05) is 6.07 Å². The van der Waals surface area contributed by atoms with Crippen molar-refractivity contribution in [2.45, 2.75) is 13.5 Å². The molecule has 100 valence electrons. The van der Waals surface area contributed by atoms with E-state index >= 15 is 0 Å². The number of pyridine rings is 1. The molecule has 0 spiro atoms. The zero-order valence-electron chi connectivity index (χ0n) is 10.9. The van der Waals surface area contributed by atoms with Crippen molar-refractivity contribution in [3.8, 4) is 11.8 Å². The Bertz CT molecular complexity index is 653. The molecule has 0 bridgehead atoms. The van der Waals surface area contributed by atoms with E-state index in [9.17, 15) is 0 Å². The monoisotopic (exact) mass is 268 g/mol. The second-order valence-electron chi connectivity index (χ2n) is 4.30. The summed E-state index contributed by atoms with van der Waals surface area (Å²) in [6.07, 6.45) is 1.56. The lowest BCUT2D eigenvalue weighted by atomic mass is 9.77. The molecule has 0 radical (unpaired) electrons. The summed E-state index contributed by atoms with van der Waals surface area (Å²) in [4.78, 5) is 3.96. The van der Waals surface area contributed by atoms with Gasteiger partial charge in [0.25, 0.3) is 0 Å². The maximum absolute atomic E-state index is 9.14. The Morgan fingerprint density at radius 3 is 2.80 bits per heavy atom. The molecule has 0 atom stereocenters. The highest BCUT2D eigenvalue weighted by molar-refractivity contribution is 6.59. The lowest BCUT2D eigenvalue weighted by molar-refractivity contribution is 0.305. The van der Waals surface area contributed by atoms with Crippen molar-refractivity contribution < 1.29 is 14.8 Å². The topological polar surface area (TPSA) is 86.4 Å². The fraction of sp³-hybridized carbons (Fsp3) is 0.143. The van der Waals surface area contributed by atoms with Crippen LogP contribution in [-0.2, 0) is 6.61 Å². The van der Waals surface area contributed by atoms with Crippen LogP contribution in [0.3, 0.4) is 0 Å². The van der Waals surface area contributed by atoms with Crippen LogP contribution < -0.4 is 10.2 Å². The first-order valence-corrected chi connectivity index (χ1v) is 6.05. The average molecular weight is 268 g/mol. The van der Waals surface area contributed by atoms with Crippen LogP contribution in [0.5, 0.6) is 5.75 Å². The van der Waals surface area contributed by atoms with Gasteiger partial charge in [0.1, 0.15) is 24.1 Å². The number of ether oxygens (including phenoxy) is 1. The van der Waals surface area contributed by atoms with E-state index in [0.717, 1.165) is 5.56 Å². The minimum atomic E-state index is -1.49. The van der Waals surface area contributed by atoms with Gasteiger partial charge in [0.05, 0.1) is 0 Å². The number of hydrogen-bond acceptors (Lipinski definition) is 5. The van der Waals surface area contributed by atoms with E-state index in [2.05, 4.69) is 4.98 Å². The van der Waals surface area contributed by atoms with Gasteiger partial charge < -0.3 is 14.8 Å². The van der Waals surface area contributed by atoms with Gasteiger partial charge in [-0.3, -0.25) is 0 Å². The third-order valence-electron chi connectivity index (χ3n) is 2.91. The molecular weight excluding hydrogens is 255 g/mol. The van der Waals surface area contributed by atoms with Crippen LogP contribution in [0.1, 0.15) is 16.8 Å². The highest BCUT2D eigenvalue weighted by Crippen LogP contribution is 2.14. The minimum Gasteiger partial charge on any atom is -0.489 e. The third kappa shape index (κ3) is 3.15. The van der Waals surface area contributed by atoms with E-state index < -0.39 is 7.12 Å². The smallest absolute Gasteiger partial charge is 0.488 e. The molecule has 0 aliphatic rings. The van der Waals surface area contributed by atoms with Gasteiger partial charge in [0.15, 0.2) is 0 Å². The van der Waals surface area contributed by atoms with E-state index in [4.69, 9.17) is 20.0 Å². The average Bonchev–Trinajstić information content (AvgIpc) is 2.45. The summed E-state index contributed by atoms with van der Waals surface area (Å²) >= 11 is 0. The van der Waals surface area contributed by atoms with Crippen molar-refractivity contribution >= 4 is 12.6 Å². The van der Waals surface area contributed by atoms with Crippen molar-refractivity contribution in [1.82, 2.24) is 4.98 Å². The molecule has 2 N–H and O–H groups in total. The number of nitrogens with zero attached hydrogens (tertiary/aromatic N) is 2. The van der Waals surface area contributed by atoms with Gasteiger partial charge in [-0.05, 0) is 36.1 Å². The summed E-state index contributed by atoms with van der Waals surface area (Å²) in [5, 5.41) is 27.2. The van der Waals surface area contributed by atoms with Gasteiger partial charge in [-0.2, -0.15) is 5.26 Å². The lowest BCUT2D eigenvalue weighted by Crippen LogP contribution is -2.31. The summed E-state index contributed by atoms with van der Waals surface area (Å²) in [7, 11) is -1.49. The Kier molecular flexibility index (Phi) is 4.36. The van der Waals surface area contributed by atoms with Crippen molar-refractivity contribution in [2.75, 3.05) is 0 Å². The molecule has 6 heteroatoms. The highest BCUT2D eigenvalue weighted by Gasteiger charge is 2.14. The van der Waals surface area contributed by atoms with Crippen molar-refractivity contribution in [3.63, 3.8) is 0 Å². The van der Waals surface area contributed by atoms with E-state index in [-0.39, 0.29) is 6.61 Å². The Morgan fingerprint density at radius 1 is 1.35 bits per heavy atom. The largest absolute Gasteiger partial charge is 0.489 e. The Morgan fingerprint density at radius 2 is 2.15 bits per heavy atom. The second kappa shape index (κ2) is 6.19. The minimum absolute atomic E-state index is 0.233. The van der Waals surface area contributed by atoms with Gasteiger partial charge in [-0.15, -0.1) is 0 Å². The van der Waals surface area contributed by atoms with Crippen LogP contribution in [-0.4, -0.2) is 22.2 Å². The molecule has 2 rings (SSSR count). The number of aryl methyl sites for hydroxylation is 1. The molecule has 0 unspecified atom stereocenters. The Labute approximate surface area is 117 Å². The number of aromatic nitrogens is 1. The predicted octanol–water partition coefficient (Wildman–Crippen LogP) is 0.520. The summed E-state index contributed by atoms with van der Waals surface area (Å²) in [6, 6.07) is 10.5. The van der Waals surface area contributed by atoms with Crippen molar-refractivity contribution in [1.29, 1.82) is 5.26 Å². The van der Waals surface area contributed by atoms with Crippen LogP contribution in [0.4, 0.5) is 0 Å². The maximum Gasteiger partial charge on any atom is 0.488 e. The molecule has 1 aromatic carbocycles. The molecule has 5 nitrogen and oxygen atoms in total. The van der Waals surface area contributed by atoms with Crippen LogP contribution in [0.15, 0.2) is 36.5 Å². The quantitative estimate of drug-likeness (QED) is 0.789. The van der Waals surface area contributed by atoms with Crippen LogP contribution in [0.2, 0.25) is 0 Å². The van der Waals surface area contributed by atoms with Crippen molar-refractivity contribution in [2.24, 2.45) is 0 Å². The maximum atomic E-state index is 9.14. The summed E-state index contributed by atoms with van der Waals surface area (Å²) in [5.41, 5.74) is 2.21. The molecule has 0 fully saturated rings. The second-order valence-corrected chi connectivity index (χ2v) is 4.30. The normalized spacial score (nSPS) is 9.90. The standard InChI is InChI=1S/C14H13BN2O3/c1-10-7-12(4-5-13(10)15(18)19)20-9-11-3-2-6-17-14(11)8-16/h2-7,18-19H,9H2,1H3. The molecule has 0 saturated heterocycles. The Balaban J connectivity index is 2.12. The number of nitriles is 1. The number of benzene rings is 1. The van der Waals surface area contributed by atoms with E-state index in [1.165, 1.54) is 0 Å². The number of rotatable bonds is 4. The van der Waals surface area contributed by atoms with Crippen molar-refractivity contribution in [3.05, 3.63) is 53.3 Å². The van der Waals surface area contributed by atoms with Gasteiger partial charge in [0.2, 0.25) is 0 Å². The molecule has 0 aliphatic carbocycles. The van der Waals surface area contributed by atoms with E-state index in [1.54, 1.807) is 43.5 Å². The van der Waals surface area contributed by atoms with Gasteiger partial charge >= 0.3 is 7.12 Å². The molecule has 2 aromatic rings. The van der Waals surface area contributed by atoms with Crippen LogP contribution in [0, 0.1) is 18.3 Å². The van der Waals surface area contributed by atoms with Gasteiger partial charge in [0, 0.05) is 11.8 Å². The first kappa shape index (κ1) is 14.1. The number of hydrogen-bond donors (Lipinski definition) is 2.